The van der Waals surface area contributed by atoms with Crippen LogP contribution in [0.15, 0.2) is 74.0 Å². The van der Waals surface area contributed by atoms with Crippen molar-refractivity contribution in [3.05, 3.63) is 82.1 Å². The number of nitrogens with zero attached hydrogens (tertiary/aromatic N) is 5. The highest BCUT2D eigenvalue weighted by Crippen LogP contribution is 2.24. The van der Waals surface area contributed by atoms with E-state index < -0.39 is 0 Å². The SMILES string of the molecule is CSc1ccc(-c2noc(Cn3c(C)cc4nc(SC)n(-c5ccc(C)cc5)c(=O)c43)n2)cc1. The van der Waals surface area contributed by atoms with Crippen molar-refractivity contribution in [2.45, 2.75) is 30.4 Å². The number of rotatable bonds is 6. The number of fused-ring (bicyclic) bond motifs is 1. The van der Waals surface area contributed by atoms with Gasteiger partial charge in [0.1, 0.15) is 12.1 Å². The molecule has 0 radical (unpaired) electrons. The van der Waals surface area contributed by atoms with Crippen LogP contribution in [-0.4, -0.2) is 36.8 Å². The van der Waals surface area contributed by atoms with Crippen LogP contribution in [0.3, 0.4) is 0 Å². The lowest BCUT2D eigenvalue weighted by atomic mass is 10.2. The molecular weight excluding hydrogens is 466 g/mol. The highest BCUT2D eigenvalue weighted by Gasteiger charge is 2.19. The second kappa shape index (κ2) is 9.15. The Labute approximate surface area is 205 Å². The lowest BCUT2D eigenvalue weighted by molar-refractivity contribution is 0.372. The second-order valence-electron chi connectivity index (χ2n) is 7.92. The smallest absolute Gasteiger partial charge is 0.283 e. The van der Waals surface area contributed by atoms with E-state index in [0.29, 0.717) is 27.9 Å². The summed E-state index contributed by atoms with van der Waals surface area (Å²) in [6, 6.07) is 17.8. The molecule has 172 valence electrons. The molecule has 0 aliphatic carbocycles. The van der Waals surface area contributed by atoms with Gasteiger partial charge in [-0.25, -0.2) is 4.98 Å². The quantitative estimate of drug-likeness (QED) is 0.235. The molecule has 9 heteroatoms. The lowest BCUT2D eigenvalue weighted by Gasteiger charge is -2.12. The van der Waals surface area contributed by atoms with E-state index in [0.717, 1.165) is 22.5 Å². The minimum absolute atomic E-state index is 0.126. The van der Waals surface area contributed by atoms with Crippen molar-refractivity contribution in [2.24, 2.45) is 0 Å². The molecule has 5 aromatic rings. The number of hydrogen-bond acceptors (Lipinski definition) is 7. The van der Waals surface area contributed by atoms with Gasteiger partial charge in [-0.3, -0.25) is 9.36 Å². The van der Waals surface area contributed by atoms with Crippen LogP contribution in [0.25, 0.3) is 28.1 Å². The summed E-state index contributed by atoms with van der Waals surface area (Å²) in [5.41, 5.74) is 4.74. The van der Waals surface area contributed by atoms with Crippen LogP contribution in [-0.2, 0) is 6.54 Å². The lowest BCUT2D eigenvalue weighted by Crippen LogP contribution is -2.23. The van der Waals surface area contributed by atoms with Gasteiger partial charge < -0.3 is 9.09 Å². The van der Waals surface area contributed by atoms with Crippen molar-refractivity contribution >= 4 is 34.6 Å². The molecule has 0 fully saturated rings. The fourth-order valence-electron chi connectivity index (χ4n) is 3.89. The maximum absolute atomic E-state index is 13.7. The number of benzene rings is 2. The van der Waals surface area contributed by atoms with Gasteiger partial charge in [0.05, 0.1) is 11.2 Å². The average molecular weight is 490 g/mol. The molecule has 0 saturated heterocycles. The normalized spacial score (nSPS) is 11.4. The van der Waals surface area contributed by atoms with E-state index in [-0.39, 0.29) is 12.1 Å². The van der Waals surface area contributed by atoms with Crippen LogP contribution in [0, 0.1) is 13.8 Å². The first-order chi connectivity index (χ1) is 16.5. The zero-order valence-corrected chi connectivity index (χ0v) is 20.9. The van der Waals surface area contributed by atoms with Crippen LogP contribution in [0.2, 0.25) is 0 Å². The predicted octanol–water partition coefficient (Wildman–Crippen LogP) is 5.35. The Morgan fingerprint density at radius 3 is 2.35 bits per heavy atom. The van der Waals surface area contributed by atoms with Gasteiger partial charge in [0.15, 0.2) is 5.16 Å². The van der Waals surface area contributed by atoms with E-state index in [9.17, 15) is 4.79 Å². The predicted molar refractivity (Wildman–Crippen MR) is 137 cm³/mol. The van der Waals surface area contributed by atoms with Gasteiger partial charge in [0, 0.05) is 16.2 Å². The van der Waals surface area contributed by atoms with Crippen molar-refractivity contribution < 1.29 is 4.52 Å². The monoisotopic (exact) mass is 489 g/mol. The summed E-state index contributed by atoms with van der Waals surface area (Å²) in [5.74, 6) is 0.955. The Balaban J connectivity index is 1.57. The minimum atomic E-state index is -0.126. The number of hydrogen-bond donors (Lipinski definition) is 0. The molecule has 2 aromatic carbocycles. The molecule has 0 spiro atoms. The van der Waals surface area contributed by atoms with E-state index in [1.807, 2.05) is 85.5 Å². The topological polar surface area (TPSA) is 78.7 Å². The molecule has 0 aliphatic heterocycles. The average Bonchev–Trinajstić information content (AvgIpc) is 3.44. The number of aromatic nitrogens is 5. The Morgan fingerprint density at radius 2 is 1.68 bits per heavy atom. The third-order valence-electron chi connectivity index (χ3n) is 5.68. The molecule has 0 unspecified atom stereocenters. The standard InChI is InChI=1S/C25H23N5O2S2/c1-15-5-9-18(10-6-15)30-24(31)22-20(26-25(30)34-4)13-16(2)29(22)14-21-27-23(28-32-21)17-7-11-19(33-3)12-8-17/h5-13H,14H2,1-4H3. The first-order valence-corrected chi connectivity index (χ1v) is 13.1. The first kappa shape index (κ1) is 22.5. The van der Waals surface area contributed by atoms with E-state index >= 15 is 0 Å². The fourth-order valence-corrected chi connectivity index (χ4v) is 4.86. The van der Waals surface area contributed by atoms with Crippen molar-refractivity contribution in [2.75, 3.05) is 12.5 Å². The van der Waals surface area contributed by atoms with Gasteiger partial charge in [-0.2, -0.15) is 4.98 Å². The van der Waals surface area contributed by atoms with Gasteiger partial charge in [0.2, 0.25) is 11.7 Å². The van der Waals surface area contributed by atoms with Crippen LogP contribution in [0.4, 0.5) is 0 Å². The van der Waals surface area contributed by atoms with Gasteiger partial charge in [-0.1, -0.05) is 34.6 Å². The molecule has 0 N–H and O–H groups in total. The van der Waals surface area contributed by atoms with Gasteiger partial charge >= 0.3 is 0 Å². The Hall–Kier alpha value is -3.30. The van der Waals surface area contributed by atoms with E-state index in [1.54, 1.807) is 16.3 Å². The van der Waals surface area contributed by atoms with E-state index in [1.165, 1.54) is 16.7 Å². The summed E-state index contributed by atoms with van der Waals surface area (Å²) >= 11 is 3.13. The highest BCUT2D eigenvalue weighted by molar-refractivity contribution is 7.98. The molecule has 0 aliphatic rings. The molecule has 0 bridgehead atoms. The summed E-state index contributed by atoms with van der Waals surface area (Å²) in [6.07, 6.45) is 3.96. The molecule has 3 heterocycles. The Kier molecular flexibility index (Phi) is 6.05. The van der Waals surface area contributed by atoms with Crippen molar-refractivity contribution in [1.29, 1.82) is 0 Å². The third kappa shape index (κ3) is 4.05. The number of thioether (sulfide) groups is 2. The number of aryl methyl sites for hydroxylation is 2. The van der Waals surface area contributed by atoms with Crippen molar-refractivity contribution in [1.82, 2.24) is 24.3 Å². The van der Waals surface area contributed by atoms with Crippen molar-refractivity contribution in [3.8, 4) is 17.1 Å². The second-order valence-corrected chi connectivity index (χ2v) is 9.57. The third-order valence-corrected chi connectivity index (χ3v) is 7.06. The molecule has 5 rings (SSSR count). The molecular formula is C25H23N5O2S2. The molecule has 3 aromatic heterocycles. The van der Waals surface area contributed by atoms with Crippen LogP contribution in [0.1, 0.15) is 17.1 Å². The minimum Gasteiger partial charge on any atom is -0.337 e. The van der Waals surface area contributed by atoms with E-state index in [4.69, 9.17) is 9.51 Å². The highest BCUT2D eigenvalue weighted by atomic mass is 32.2. The first-order valence-electron chi connectivity index (χ1n) is 10.7. The summed E-state index contributed by atoms with van der Waals surface area (Å²) < 4.78 is 9.10. The van der Waals surface area contributed by atoms with Crippen molar-refractivity contribution in [3.63, 3.8) is 0 Å². The van der Waals surface area contributed by atoms with Gasteiger partial charge in [-0.05, 0) is 68.8 Å². The van der Waals surface area contributed by atoms with E-state index in [2.05, 4.69) is 10.1 Å². The van der Waals surface area contributed by atoms with Gasteiger partial charge in [-0.15, -0.1) is 11.8 Å². The molecule has 0 amide bonds. The molecule has 7 nitrogen and oxygen atoms in total. The Bertz CT molecular complexity index is 1530. The van der Waals surface area contributed by atoms with Crippen LogP contribution in [0.5, 0.6) is 0 Å². The van der Waals surface area contributed by atoms with Crippen LogP contribution >= 0.6 is 23.5 Å². The van der Waals surface area contributed by atoms with Gasteiger partial charge in [0.25, 0.3) is 5.56 Å². The zero-order valence-electron chi connectivity index (χ0n) is 19.3. The fraction of sp³-hybridized carbons (Fsp3) is 0.200. The largest absolute Gasteiger partial charge is 0.337 e. The molecule has 0 saturated carbocycles. The summed E-state index contributed by atoms with van der Waals surface area (Å²) in [4.78, 5) is 24.3. The summed E-state index contributed by atoms with van der Waals surface area (Å²) in [5, 5.41) is 4.79. The summed E-state index contributed by atoms with van der Waals surface area (Å²) in [6.45, 7) is 4.26. The maximum atomic E-state index is 13.7. The molecule has 0 atom stereocenters. The molecule has 34 heavy (non-hydrogen) atoms. The van der Waals surface area contributed by atoms with Crippen LogP contribution < -0.4 is 5.56 Å². The Morgan fingerprint density at radius 1 is 0.941 bits per heavy atom. The zero-order chi connectivity index (χ0) is 23.8. The summed E-state index contributed by atoms with van der Waals surface area (Å²) in [7, 11) is 0. The maximum Gasteiger partial charge on any atom is 0.283 e.